The summed E-state index contributed by atoms with van der Waals surface area (Å²) in [5.41, 5.74) is 2.60. The van der Waals surface area contributed by atoms with Crippen molar-refractivity contribution in [2.24, 2.45) is 4.99 Å². The van der Waals surface area contributed by atoms with Crippen LogP contribution in [0.4, 0.5) is 0 Å². The molecule has 9 heteroatoms. The fourth-order valence-electron chi connectivity index (χ4n) is 3.81. The van der Waals surface area contributed by atoms with Gasteiger partial charge in [0.1, 0.15) is 12.2 Å². The van der Waals surface area contributed by atoms with Crippen molar-refractivity contribution in [1.82, 2.24) is 35.2 Å². The highest BCUT2D eigenvalue weighted by Crippen LogP contribution is 2.11. The Balaban J connectivity index is 0.00000363. The maximum absolute atomic E-state index is 4.75. The normalized spacial score (nSPS) is 15.8. The molecule has 1 fully saturated rings. The van der Waals surface area contributed by atoms with E-state index in [2.05, 4.69) is 80.4 Å². The first-order valence-corrected chi connectivity index (χ1v) is 11.6. The Kier molecular flexibility index (Phi) is 12.0. The molecule has 2 aromatic rings. The zero-order valence-corrected chi connectivity index (χ0v) is 22.1. The molecule has 0 radical (unpaired) electrons. The van der Waals surface area contributed by atoms with E-state index in [1.807, 2.05) is 0 Å². The minimum absolute atomic E-state index is 0. The van der Waals surface area contributed by atoms with Crippen LogP contribution in [0.1, 0.15) is 37.2 Å². The molecule has 0 aliphatic carbocycles. The Morgan fingerprint density at radius 1 is 1.03 bits per heavy atom. The highest BCUT2D eigenvalue weighted by Gasteiger charge is 2.12. The monoisotopic (exact) mass is 554 g/mol. The lowest BCUT2D eigenvalue weighted by atomic mass is 10.1. The minimum Gasteiger partial charge on any atom is -0.357 e. The molecule has 0 unspecified atom stereocenters. The highest BCUT2D eigenvalue weighted by atomic mass is 127. The van der Waals surface area contributed by atoms with Crippen molar-refractivity contribution in [3.05, 3.63) is 47.5 Å². The Morgan fingerprint density at radius 2 is 1.81 bits per heavy atom. The first-order valence-electron chi connectivity index (χ1n) is 11.6. The molecule has 1 aromatic carbocycles. The molecule has 1 aromatic heterocycles. The number of halogens is 1. The number of rotatable bonds is 9. The summed E-state index contributed by atoms with van der Waals surface area (Å²) in [5, 5.41) is 14.9. The SMILES string of the molecule is CCNC(=NCc1ccc(CN2CCCN(C)CC2)cc1)NCCn1cnnc1CC.I. The summed E-state index contributed by atoms with van der Waals surface area (Å²) in [4.78, 5) is 9.73. The van der Waals surface area contributed by atoms with Crippen LogP contribution in [0.2, 0.25) is 0 Å². The van der Waals surface area contributed by atoms with E-state index in [0.717, 1.165) is 57.5 Å². The molecule has 0 spiro atoms. The molecule has 0 atom stereocenters. The number of hydrogen-bond acceptors (Lipinski definition) is 5. The van der Waals surface area contributed by atoms with E-state index in [0.29, 0.717) is 6.54 Å². The summed E-state index contributed by atoms with van der Waals surface area (Å²) >= 11 is 0. The third-order valence-corrected chi connectivity index (χ3v) is 5.66. The molecular weight excluding hydrogens is 515 g/mol. The lowest BCUT2D eigenvalue weighted by molar-refractivity contribution is 0.269. The van der Waals surface area contributed by atoms with Crippen molar-refractivity contribution in [3.8, 4) is 0 Å². The second kappa shape index (κ2) is 14.4. The van der Waals surface area contributed by atoms with E-state index in [-0.39, 0.29) is 24.0 Å². The van der Waals surface area contributed by atoms with Crippen molar-refractivity contribution in [1.29, 1.82) is 0 Å². The Hall–Kier alpha value is -1.72. The number of nitrogens with one attached hydrogen (secondary N) is 2. The predicted molar refractivity (Wildman–Crippen MR) is 141 cm³/mol. The molecule has 1 saturated heterocycles. The van der Waals surface area contributed by atoms with Gasteiger partial charge in [0.25, 0.3) is 0 Å². The lowest BCUT2D eigenvalue weighted by Crippen LogP contribution is -2.38. The maximum atomic E-state index is 4.75. The molecule has 2 heterocycles. The van der Waals surface area contributed by atoms with Crippen LogP contribution in [0.5, 0.6) is 0 Å². The molecule has 1 aliphatic rings. The zero-order chi connectivity index (χ0) is 21.9. The van der Waals surface area contributed by atoms with E-state index in [4.69, 9.17) is 4.99 Å². The summed E-state index contributed by atoms with van der Waals surface area (Å²) in [6.45, 7) is 13.0. The van der Waals surface area contributed by atoms with Gasteiger partial charge < -0.3 is 20.1 Å². The number of aliphatic imine (C=N–C) groups is 1. The van der Waals surface area contributed by atoms with Crippen LogP contribution in [0.15, 0.2) is 35.6 Å². The number of hydrogen-bond donors (Lipinski definition) is 2. The Labute approximate surface area is 209 Å². The molecular formula is C23H39IN8. The fourth-order valence-corrected chi connectivity index (χ4v) is 3.81. The Bertz CT molecular complexity index is 805. The van der Waals surface area contributed by atoms with Crippen molar-refractivity contribution < 1.29 is 0 Å². The van der Waals surface area contributed by atoms with Crippen LogP contribution >= 0.6 is 24.0 Å². The van der Waals surface area contributed by atoms with Gasteiger partial charge in [0, 0.05) is 45.7 Å². The van der Waals surface area contributed by atoms with Crippen molar-refractivity contribution >= 4 is 29.9 Å². The van der Waals surface area contributed by atoms with Crippen molar-refractivity contribution in [2.75, 3.05) is 46.3 Å². The summed E-state index contributed by atoms with van der Waals surface area (Å²) in [5.74, 6) is 1.85. The first-order chi connectivity index (χ1) is 15.2. The number of likely N-dealkylation sites (N-methyl/N-ethyl adjacent to an activating group) is 1. The van der Waals surface area contributed by atoms with Gasteiger partial charge in [-0.2, -0.15) is 0 Å². The smallest absolute Gasteiger partial charge is 0.191 e. The van der Waals surface area contributed by atoms with Crippen molar-refractivity contribution in [3.63, 3.8) is 0 Å². The van der Waals surface area contributed by atoms with Gasteiger partial charge in [-0.15, -0.1) is 34.2 Å². The number of aryl methyl sites for hydroxylation is 1. The van der Waals surface area contributed by atoms with Crippen LogP contribution in [-0.4, -0.2) is 76.8 Å². The molecule has 0 saturated carbocycles. The molecule has 0 amide bonds. The molecule has 32 heavy (non-hydrogen) atoms. The predicted octanol–water partition coefficient (Wildman–Crippen LogP) is 2.35. The van der Waals surface area contributed by atoms with E-state index in [9.17, 15) is 0 Å². The van der Waals surface area contributed by atoms with Gasteiger partial charge in [-0.3, -0.25) is 4.90 Å². The van der Waals surface area contributed by atoms with Crippen LogP contribution in [0, 0.1) is 0 Å². The number of benzene rings is 1. The summed E-state index contributed by atoms with van der Waals surface area (Å²) < 4.78 is 2.08. The third kappa shape index (κ3) is 8.67. The average Bonchev–Trinajstić information content (AvgIpc) is 3.14. The number of nitrogens with zero attached hydrogens (tertiary/aromatic N) is 6. The van der Waals surface area contributed by atoms with Gasteiger partial charge in [-0.25, -0.2) is 4.99 Å². The molecule has 8 nitrogen and oxygen atoms in total. The summed E-state index contributed by atoms with van der Waals surface area (Å²) in [7, 11) is 2.21. The van der Waals surface area contributed by atoms with Gasteiger partial charge in [-0.05, 0) is 44.6 Å². The minimum atomic E-state index is 0. The maximum Gasteiger partial charge on any atom is 0.191 e. The quantitative estimate of drug-likeness (QED) is 0.282. The lowest BCUT2D eigenvalue weighted by Gasteiger charge is -2.20. The van der Waals surface area contributed by atoms with Crippen LogP contribution in [-0.2, 0) is 26.1 Å². The van der Waals surface area contributed by atoms with Crippen molar-refractivity contribution in [2.45, 2.75) is 46.3 Å². The second-order valence-electron chi connectivity index (χ2n) is 8.17. The second-order valence-corrected chi connectivity index (χ2v) is 8.17. The third-order valence-electron chi connectivity index (χ3n) is 5.66. The number of aromatic nitrogens is 3. The van der Waals surface area contributed by atoms with Crippen LogP contribution < -0.4 is 10.6 Å². The van der Waals surface area contributed by atoms with E-state index >= 15 is 0 Å². The number of guanidine groups is 1. The standard InChI is InChI=1S/C23H38N8.HI/c1-4-22-28-27-19-31(22)14-11-25-23(24-5-2)26-17-20-7-9-21(10-8-20)18-30-13-6-12-29(3)15-16-30;/h7-10,19H,4-6,11-18H2,1-3H3,(H2,24,25,26);1H. The molecule has 2 N–H and O–H groups in total. The van der Waals surface area contributed by atoms with Gasteiger partial charge in [0.15, 0.2) is 5.96 Å². The molecule has 0 bridgehead atoms. The average molecular weight is 555 g/mol. The molecule has 178 valence electrons. The van der Waals surface area contributed by atoms with Crippen LogP contribution in [0.3, 0.4) is 0 Å². The molecule has 1 aliphatic heterocycles. The van der Waals surface area contributed by atoms with E-state index < -0.39 is 0 Å². The highest BCUT2D eigenvalue weighted by molar-refractivity contribution is 14.0. The first kappa shape index (κ1) is 26.5. The zero-order valence-electron chi connectivity index (χ0n) is 19.8. The summed E-state index contributed by atoms with van der Waals surface area (Å²) in [6, 6.07) is 8.91. The van der Waals surface area contributed by atoms with Gasteiger partial charge >= 0.3 is 0 Å². The van der Waals surface area contributed by atoms with Gasteiger partial charge in [0.2, 0.25) is 0 Å². The largest absolute Gasteiger partial charge is 0.357 e. The summed E-state index contributed by atoms with van der Waals surface area (Å²) in [6.07, 6.45) is 3.93. The van der Waals surface area contributed by atoms with Gasteiger partial charge in [-0.1, -0.05) is 31.2 Å². The molecule has 3 rings (SSSR count). The van der Waals surface area contributed by atoms with E-state index in [1.54, 1.807) is 6.33 Å². The van der Waals surface area contributed by atoms with Crippen LogP contribution in [0.25, 0.3) is 0 Å². The van der Waals surface area contributed by atoms with E-state index in [1.165, 1.54) is 30.6 Å². The fraction of sp³-hybridized carbons (Fsp3) is 0.609. The van der Waals surface area contributed by atoms with Gasteiger partial charge in [0.05, 0.1) is 6.54 Å². The topological polar surface area (TPSA) is 73.6 Å². The Morgan fingerprint density at radius 3 is 2.56 bits per heavy atom.